The molecule has 0 aliphatic rings. The Morgan fingerprint density at radius 2 is 2.16 bits per heavy atom. The fourth-order valence-corrected chi connectivity index (χ4v) is 1.63. The number of nitrogens with zero attached hydrogens (tertiary/aromatic N) is 2. The number of aromatic hydroxyl groups is 1. The van der Waals surface area contributed by atoms with Crippen molar-refractivity contribution >= 4 is 17.5 Å². The highest BCUT2D eigenvalue weighted by atomic mass is 16.3. The van der Waals surface area contributed by atoms with Crippen LogP contribution in [0.15, 0.2) is 18.2 Å². The van der Waals surface area contributed by atoms with Gasteiger partial charge >= 0.3 is 11.8 Å². The van der Waals surface area contributed by atoms with Gasteiger partial charge in [-0.2, -0.15) is 5.26 Å². The van der Waals surface area contributed by atoms with E-state index < -0.39 is 11.8 Å². The van der Waals surface area contributed by atoms with Gasteiger partial charge in [-0.3, -0.25) is 9.59 Å². The quantitative estimate of drug-likeness (QED) is 0.618. The zero-order chi connectivity index (χ0) is 14.4. The second kappa shape index (κ2) is 6.40. The molecule has 1 aromatic rings. The summed E-state index contributed by atoms with van der Waals surface area (Å²) in [6.45, 7) is 3.56. The van der Waals surface area contributed by atoms with Crippen molar-refractivity contribution in [1.29, 1.82) is 5.26 Å². The number of rotatable bonds is 3. The Morgan fingerprint density at radius 1 is 1.47 bits per heavy atom. The molecule has 0 aliphatic carbocycles. The molecule has 0 atom stereocenters. The van der Waals surface area contributed by atoms with E-state index in [2.05, 4.69) is 5.32 Å². The minimum Gasteiger partial charge on any atom is -0.508 e. The van der Waals surface area contributed by atoms with Crippen LogP contribution in [0.25, 0.3) is 0 Å². The molecule has 1 aromatic carbocycles. The largest absolute Gasteiger partial charge is 0.508 e. The van der Waals surface area contributed by atoms with Crippen molar-refractivity contribution in [1.82, 2.24) is 5.32 Å². The number of hydrogen-bond acceptors (Lipinski definition) is 4. The number of amides is 2. The topological polar surface area (TPSA) is 93.4 Å². The molecule has 0 aromatic heterocycles. The summed E-state index contributed by atoms with van der Waals surface area (Å²) in [6.07, 6.45) is 0. The lowest BCUT2D eigenvalue weighted by atomic mass is 10.1. The first kappa shape index (κ1) is 14.5. The maximum atomic E-state index is 12.0. The van der Waals surface area contributed by atoms with Crippen molar-refractivity contribution in [2.24, 2.45) is 0 Å². The zero-order valence-corrected chi connectivity index (χ0v) is 10.8. The number of hydrogen-bond donors (Lipinski definition) is 2. The molecule has 0 bridgehead atoms. The molecule has 1 rings (SSSR count). The Morgan fingerprint density at radius 3 is 2.74 bits per heavy atom. The normalized spacial score (nSPS) is 9.53. The number of nitrogens with one attached hydrogen (secondary N) is 1. The molecular formula is C13H15N3O3. The van der Waals surface area contributed by atoms with Crippen molar-refractivity contribution in [2.75, 3.05) is 18.0 Å². The van der Waals surface area contributed by atoms with Gasteiger partial charge in [0.1, 0.15) is 12.3 Å². The van der Waals surface area contributed by atoms with E-state index in [0.717, 1.165) is 5.56 Å². The van der Waals surface area contributed by atoms with Gasteiger partial charge in [0.2, 0.25) is 0 Å². The molecular weight excluding hydrogens is 246 g/mol. The standard InChI is InChI=1S/C13H15N3O3/c1-3-16(13(19)12(18)15-7-6-14)11-8-10(17)5-4-9(11)2/h4-5,8,17H,3,7H2,1-2H3,(H,15,18). The van der Waals surface area contributed by atoms with E-state index in [1.165, 1.54) is 17.0 Å². The number of anilines is 1. The minimum absolute atomic E-state index is 0.0179. The van der Waals surface area contributed by atoms with Gasteiger partial charge in [-0.25, -0.2) is 0 Å². The second-order valence-electron chi connectivity index (χ2n) is 3.86. The van der Waals surface area contributed by atoms with Crippen LogP contribution in [0.4, 0.5) is 5.69 Å². The average molecular weight is 261 g/mol. The lowest BCUT2D eigenvalue weighted by Gasteiger charge is -2.22. The van der Waals surface area contributed by atoms with Crippen molar-refractivity contribution in [2.45, 2.75) is 13.8 Å². The van der Waals surface area contributed by atoms with Crippen LogP contribution in [0.5, 0.6) is 5.75 Å². The van der Waals surface area contributed by atoms with Crippen LogP contribution < -0.4 is 10.2 Å². The van der Waals surface area contributed by atoms with Crippen LogP contribution >= 0.6 is 0 Å². The molecule has 0 fully saturated rings. The minimum atomic E-state index is -0.842. The zero-order valence-electron chi connectivity index (χ0n) is 10.8. The number of nitriles is 1. The van der Waals surface area contributed by atoms with Crippen LogP contribution in [0.2, 0.25) is 0 Å². The summed E-state index contributed by atoms with van der Waals surface area (Å²) in [7, 11) is 0. The fraction of sp³-hybridized carbons (Fsp3) is 0.308. The maximum Gasteiger partial charge on any atom is 0.316 e. The Labute approximate surface area is 111 Å². The number of aryl methyl sites for hydroxylation is 1. The number of phenols is 1. The lowest BCUT2D eigenvalue weighted by molar-refractivity contribution is -0.137. The molecule has 19 heavy (non-hydrogen) atoms. The third-order valence-electron chi connectivity index (χ3n) is 2.57. The van der Waals surface area contributed by atoms with Crippen LogP contribution in [0, 0.1) is 18.3 Å². The van der Waals surface area contributed by atoms with E-state index in [0.29, 0.717) is 5.69 Å². The molecule has 2 N–H and O–H groups in total. The molecule has 0 saturated carbocycles. The van der Waals surface area contributed by atoms with E-state index in [-0.39, 0.29) is 18.8 Å². The van der Waals surface area contributed by atoms with Crippen LogP contribution in [0.3, 0.4) is 0 Å². The first-order chi connectivity index (χ1) is 9.01. The number of likely N-dealkylation sites (N-methyl/N-ethyl adjacent to an activating group) is 1. The van der Waals surface area contributed by atoms with Crippen LogP contribution in [-0.2, 0) is 9.59 Å². The van der Waals surface area contributed by atoms with Crippen molar-refractivity contribution in [3.05, 3.63) is 23.8 Å². The Balaban J connectivity index is 3.00. The van der Waals surface area contributed by atoms with E-state index in [4.69, 9.17) is 5.26 Å². The van der Waals surface area contributed by atoms with E-state index in [1.807, 2.05) is 0 Å². The summed E-state index contributed by atoms with van der Waals surface area (Å²) in [5, 5.41) is 20.0. The number of carbonyl (C=O) groups is 2. The average Bonchev–Trinajstić information content (AvgIpc) is 2.40. The third-order valence-corrected chi connectivity index (χ3v) is 2.57. The molecule has 100 valence electrons. The molecule has 0 unspecified atom stereocenters. The predicted octanol–water partition coefficient (Wildman–Crippen LogP) is 0.693. The summed E-state index contributed by atoms with van der Waals surface area (Å²) in [4.78, 5) is 24.8. The fourth-order valence-electron chi connectivity index (χ4n) is 1.63. The third kappa shape index (κ3) is 3.45. The first-order valence-corrected chi connectivity index (χ1v) is 5.77. The Hall–Kier alpha value is -2.55. The lowest BCUT2D eigenvalue weighted by Crippen LogP contribution is -2.43. The van der Waals surface area contributed by atoms with E-state index in [9.17, 15) is 14.7 Å². The molecule has 0 heterocycles. The van der Waals surface area contributed by atoms with Gasteiger partial charge in [-0.1, -0.05) is 6.07 Å². The number of carbonyl (C=O) groups excluding carboxylic acids is 2. The summed E-state index contributed by atoms with van der Waals surface area (Å²) in [5.74, 6) is -1.58. The first-order valence-electron chi connectivity index (χ1n) is 5.77. The molecule has 0 saturated heterocycles. The van der Waals surface area contributed by atoms with Gasteiger partial charge in [0, 0.05) is 12.6 Å². The van der Waals surface area contributed by atoms with Gasteiger partial charge in [-0.15, -0.1) is 0 Å². The van der Waals surface area contributed by atoms with Crippen LogP contribution in [-0.4, -0.2) is 30.0 Å². The summed E-state index contributed by atoms with van der Waals surface area (Å²) in [6, 6.07) is 6.32. The van der Waals surface area contributed by atoms with Crippen molar-refractivity contribution in [3.63, 3.8) is 0 Å². The van der Waals surface area contributed by atoms with Gasteiger partial charge in [-0.05, 0) is 25.5 Å². The summed E-state index contributed by atoms with van der Waals surface area (Å²) < 4.78 is 0. The van der Waals surface area contributed by atoms with Gasteiger partial charge in [0.05, 0.1) is 11.8 Å². The number of phenolic OH excluding ortho intramolecular Hbond substituents is 1. The van der Waals surface area contributed by atoms with Crippen molar-refractivity contribution < 1.29 is 14.7 Å². The van der Waals surface area contributed by atoms with Gasteiger partial charge in [0.25, 0.3) is 0 Å². The second-order valence-corrected chi connectivity index (χ2v) is 3.86. The molecule has 6 nitrogen and oxygen atoms in total. The van der Waals surface area contributed by atoms with Crippen molar-refractivity contribution in [3.8, 4) is 11.8 Å². The van der Waals surface area contributed by atoms with E-state index >= 15 is 0 Å². The molecule has 0 spiro atoms. The summed E-state index contributed by atoms with van der Waals surface area (Å²) in [5.41, 5.74) is 1.24. The monoisotopic (exact) mass is 261 g/mol. The van der Waals surface area contributed by atoms with Gasteiger partial charge < -0.3 is 15.3 Å². The molecule has 6 heteroatoms. The maximum absolute atomic E-state index is 12.0. The molecule has 0 aliphatic heterocycles. The smallest absolute Gasteiger partial charge is 0.316 e. The number of benzene rings is 1. The highest BCUT2D eigenvalue weighted by Gasteiger charge is 2.23. The van der Waals surface area contributed by atoms with E-state index in [1.54, 1.807) is 26.0 Å². The molecule has 0 radical (unpaired) electrons. The molecule has 2 amide bonds. The van der Waals surface area contributed by atoms with Crippen LogP contribution in [0.1, 0.15) is 12.5 Å². The Kier molecular flexibility index (Phi) is 4.89. The highest BCUT2D eigenvalue weighted by molar-refractivity contribution is 6.40. The predicted molar refractivity (Wildman–Crippen MR) is 69.5 cm³/mol. The van der Waals surface area contributed by atoms with Gasteiger partial charge in [0.15, 0.2) is 0 Å². The SMILES string of the molecule is CCN(C(=O)C(=O)NCC#N)c1cc(O)ccc1C. The highest BCUT2D eigenvalue weighted by Crippen LogP contribution is 2.24. The Bertz CT molecular complexity index is 534. The summed E-state index contributed by atoms with van der Waals surface area (Å²) >= 11 is 0.